The van der Waals surface area contributed by atoms with Gasteiger partial charge >= 0.3 is 0 Å². The van der Waals surface area contributed by atoms with Crippen LogP contribution in [0.3, 0.4) is 0 Å². The Bertz CT molecular complexity index is 1100. The van der Waals surface area contributed by atoms with E-state index in [2.05, 4.69) is 15.2 Å². The maximum Gasteiger partial charge on any atom is 0.254 e. The molecule has 1 fully saturated rings. The monoisotopic (exact) mass is 448 g/mol. The lowest BCUT2D eigenvalue weighted by molar-refractivity contribution is 0.0948. The third kappa shape index (κ3) is 5.73. The van der Waals surface area contributed by atoms with Gasteiger partial charge in [-0.3, -0.25) is 9.69 Å². The number of ether oxygens (including phenoxy) is 1. The fourth-order valence-electron chi connectivity index (χ4n) is 4.23. The zero-order valence-electron chi connectivity index (χ0n) is 19.1. The number of methoxy groups -OCH3 is 1. The largest absolute Gasteiger partial charge is 0.497 e. The van der Waals surface area contributed by atoms with Crippen LogP contribution < -0.4 is 10.1 Å². The number of aryl methyl sites for hydroxylation is 1. The third-order valence-electron chi connectivity index (χ3n) is 6.04. The maximum atomic E-state index is 13.3. The summed E-state index contributed by atoms with van der Waals surface area (Å²) in [5.74, 6) is 1.06. The number of carbonyl (C=O) groups excluding carboxylic acids is 1. The van der Waals surface area contributed by atoms with Crippen molar-refractivity contribution in [1.29, 1.82) is 0 Å². The normalized spacial score (nSPS) is 16.4. The van der Waals surface area contributed by atoms with Crippen molar-refractivity contribution in [3.63, 3.8) is 0 Å². The number of hydrogen-bond acceptors (Lipinski definition) is 5. The van der Waals surface area contributed by atoms with Crippen molar-refractivity contribution in [3.8, 4) is 5.75 Å². The number of aromatic nitrogens is 2. The Labute approximate surface area is 193 Å². The topological polar surface area (TPSA) is 67.3 Å². The standard InChI is InChI=1S/C26H29FN4O2/c1-18-23(26(32)29-15-20-6-5-7-22(14-20)33-2)16-28-25(30-18)24-8-3-4-13-31(24)17-19-9-11-21(27)12-10-19/h5-7,9-12,14,16,24H,3-4,8,13,15,17H2,1-2H3,(H,29,32). The fraction of sp³-hybridized carbons (Fsp3) is 0.346. The Hall–Kier alpha value is -3.32. The molecule has 1 aliphatic heterocycles. The summed E-state index contributed by atoms with van der Waals surface area (Å²) >= 11 is 0. The van der Waals surface area contributed by atoms with Gasteiger partial charge in [0.1, 0.15) is 17.4 Å². The molecule has 1 aliphatic rings. The van der Waals surface area contributed by atoms with Gasteiger partial charge in [0.05, 0.1) is 24.4 Å². The second-order valence-corrected chi connectivity index (χ2v) is 8.37. The number of benzene rings is 2. The van der Waals surface area contributed by atoms with Crippen molar-refractivity contribution in [2.24, 2.45) is 0 Å². The number of hydrogen-bond donors (Lipinski definition) is 1. The predicted molar refractivity (Wildman–Crippen MR) is 124 cm³/mol. The molecular formula is C26H29FN4O2. The number of carbonyl (C=O) groups is 1. The molecule has 1 N–H and O–H groups in total. The van der Waals surface area contributed by atoms with Crippen molar-refractivity contribution in [3.05, 3.63) is 88.8 Å². The van der Waals surface area contributed by atoms with E-state index >= 15 is 0 Å². The van der Waals surface area contributed by atoms with E-state index in [0.717, 1.165) is 55.1 Å². The number of amides is 1. The van der Waals surface area contributed by atoms with Gasteiger partial charge in [0.2, 0.25) is 0 Å². The number of nitrogens with one attached hydrogen (secondary N) is 1. The molecule has 1 atom stereocenters. The molecule has 2 aromatic carbocycles. The Kier molecular flexibility index (Phi) is 7.29. The summed E-state index contributed by atoms with van der Waals surface area (Å²) in [5.41, 5.74) is 3.16. The second kappa shape index (κ2) is 10.5. The van der Waals surface area contributed by atoms with Crippen molar-refractivity contribution in [2.45, 2.75) is 45.3 Å². The van der Waals surface area contributed by atoms with Crippen LogP contribution in [0.25, 0.3) is 0 Å². The Morgan fingerprint density at radius 1 is 1.18 bits per heavy atom. The average Bonchev–Trinajstić information content (AvgIpc) is 2.84. The zero-order chi connectivity index (χ0) is 23.2. The highest BCUT2D eigenvalue weighted by Gasteiger charge is 2.27. The molecule has 0 aliphatic carbocycles. The van der Waals surface area contributed by atoms with Crippen LogP contribution in [-0.2, 0) is 13.1 Å². The Morgan fingerprint density at radius 3 is 2.76 bits per heavy atom. The van der Waals surface area contributed by atoms with Gasteiger partial charge in [0, 0.05) is 19.3 Å². The van der Waals surface area contributed by atoms with E-state index in [-0.39, 0.29) is 17.8 Å². The molecule has 7 heteroatoms. The van der Waals surface area contributed by atoms with Gasteiger partial charge < -0.3 is 10.1 Å². The maximum absolute atomic E-state index is 13.3. The number of halogens is 1. The summed E-state index contributed by atoms with van der Waals surface area (Å²) in [6.45, 7) is 3.90. The number of nitrogens with zero attached hydrogens (tertiary/aromatic N) is 3. The first-order valence-electron chi connectivity index (χ1n) is 11.3. The molecule has 3 aromatic rings. The highest BCUT2D eigenvalue weighted by Crippen LogP contribution is 2.30. The van der Waals surface area contributed by atoms with E-state index in [4.69, 9.17) is 9.72 Å². The van der Waals surface area contributed by atoms with Gasteiger partial charge in [-0.2, -0.15) is 0 Å². The minimum atomic E-state index is -0.229. The molecule has 33 heavy (non-hydrogen) atoms. The number of likely N-dealkylation sites (tertiary alicyclic amines) is 1. The zero-order valence-corrected chi connectivity index (χ0v) is 19.1. The van der Waals surface area contributed by atoms with E-state index in [1.54, 1.807) is 13.3 Å². The Balaban J connectivity index is 1.44. The first kappa shape index (κ1) is 22.9. The molecule has 1 unspecified atom stereocenters. The first-order chi connectivity index (χ1) is 16.0. The van der Waals surface area contributed by atoms with Gasteiger partial charge in [0.25, 0.3) is 5.91 Å². The van der Waals surface area contributed by atoms with E-state index < -0.39 is 0 Å². The van der Waals surface area contributed by atoms with Crippen LogP contribution in [0, 0.1) is 12.7 Å². The molecule has 0 saturated carbocycles. The highest BCUT2D eigenvalue weighted by atomic mass is 19.1. The van der Waals surface area contributed by atoms with Gasteiger partial charge in [-0.05, 0) is 61.7 Å². The van der Waals surface area contributed by atoms with Gasteiger partial charge in [-0.25, -0.2) is 14.4 Å². The summed E-state index contributed by atoms with van der Waals surface area (Å²) in [6.07, 6.45) is 4.81. The van der Waals surface area contributed by atoms with E-state index in [9.17, 15) is 9.18 Å². The van der Waals surface area contributed by atoms with Crippen LogP contribution in [0.15, 0.2) is 54.7 Å². The van der Waals surface area contributed by atoms with E-state index in [1.807, 2.05) is 43.3 Å². The van der Waals surface area contributed by atoms with Crippen molar-refractivity contribution in [1.82, 2.24) is 20.2 Å². The quantitative estimate of drug-likeness (QED) is 0.573. The predicted octanol–water partition coefficient (Wildman–Crippen LogP) is 4.59. The third-order valence-corrected chi connectivity index (χ3v) is 6.04. The van der Waals surface area contributed by atoms with Crippen molar-refractivity contribution < 1.29 is 13.9 Å². The average molecular weight is 449 g/mol. The molecule has 4 rings (SSSR count). The first-order valence-corrected chi connectivity index (χ1v) is 11.3. The fourth-order valence-corrected chi connectivity index (χ4v) is 4.23. The molecule has 1 aromatic heterocycles. The summed E-state index contributed by atoms with van der Waals surface area (Å²) in [5, 5.41) is 2.94. The Morgan fingerprint density at radius 2 is 2.00 bits per heavy atom. The smallest absolute Gasteiger partial charge is 0.254 e. The molecule has 0 radical (unpaired) electrons. The molecule has 6 nitrogen and oxygen atoms in total. The van der Waals surface area contributed by atoms with Crippen molar-refractivity contribution in [2.75, 3.05) is 13.7 Å². The van der Waals surface area contributed by atoms with Crippen LogP contribution in [0.5, 0.6) is 5.75 Å². The van der Waals surface area contributed by atoms with E-state index in [1.165, 1.54) is 12.1 Å². The van der Waals surface area contributed by atoms with Crippen LogP contribution in [0.2, 0.25) is 0 Å². The number of piperidine rings is 1. The summed E-state index contributed by atoms with van der Waals surface area (Å²) in [4.78, 5) is 24.4. The van der Waals surface area contributed by atoms with Crippen LogP contribution >= 0.6 is 0 Å². The molecule has 0 bridgehead atoms. The molecule has 1 amide bonds. The van der Waals surface area contributed by atoms with E-state index in [0.29, 0.717) is 17.8 Å². The summed E-state index contributed by atoms with van der Waals surface area (Å²) < 4.78 is 18.5. The second-order valence-electron chi connectivity index (χ2n) is 8.37. The highest BCUT2D eigenvalue weighted by molar-refractivity contribution is 5.94. The molecular weight excluding hydrogens is 419 g/mol. The van der Waals surface area contributed by atoms with Crippen molar-refractivity contribution >= 4 is 5.91 Å². The van der Waals surface area contributed by atoms with Crippen LogP contribution in [-0.4, -0.2) is 34.4 Å². The molecule has 0 spiro atoms. The minimum Gasteiger partial charge on any atom is -0.497 e. The molecule has 2 heterocycles. The SMILES string of the molecule is COc1cccc(CNC(=O)c2cnc(C3CCCCN3Cc3ccc(F)cc3)nc2C)c1. The molecule has 1 saturated heterocycles. The van der Waals surface area contributed by atoms with Gasteiger partial charge in [-0.15, -0.1) is 0 Å². The number of rotatable bonds is 7. The minimum absolute atomic E-state index is 0.0800. The summed E-state index contributed by atoms with van der Waals surface area (Å²) in [6, 6.07) is 14.3. The summed E-state index contributed by atoms with van der Waals surface area (Å²) in [7, 11) is 1.62. The van der Waals surface area contributed by atoms with Crippen LogP contribution in [0.1, 0.15) is 58.3 Å². The van der Waals surface area contributed by atoms with Gasteiger partial charge in [-0.1, -0.05) is 30.7 Å². The lowest BCUT2D eigenvalue weighted by atomic mass is 10.00. The van der Waals surface area contributed by atoms with Crippen LogP contribution in [0.4, 0.5) is 4.39 Å². The lowest BCUT2D eigenvalue weighted by Crippen LogP contribution is -2.34. The van der Waals surface area contributed by atoms with Gasteiger partial charge in [0.15, 0.2) is 0 Å². The molecule has 172 valence electrons. The lowest BCUT2D eigenvalue weighted by Gasteiger charge is -2.34.